The highest BCUT2D eigenvalue weighted by Gasteiger charge is 2.48. The minimum absolute atomic E-state index is 0.0433. The van der Waals surface area contributed by atoms with Gasteiger partial charge < -0.3 is 4.74 Å². The molecule has 112 valence electrons. The summed E-state index contributed by atoms with van der Waals surface area (Å²) < 4.78 is 5.97. The van der Waals surface area contributed by atoms with Crippen molar-refractivity contribution in [2.75, 3.05) is 0 Å². The molecule has 0 aromatic rings. The number of nitrogens with one attached hydrogen (secondary N) is 1. The van der Waals surface area contributed by atoms with E-state index in [-0.39, 0.29) is 5.91 Å². The Kier molecular flexibility index (Phi) is 4.27. The van der Waals surface area contributed by atoms with E-state index in [1.54, 1.807) is 0 Å². The van der Waals surface area contributed by atoms with Crippen molar-refractivity contribution < 1.29 is 9.53 Å². The van der Waals surface area contributed by atoms with E-state index in [1.165, 1.54) is 38.5 Å². The fourth-order valence-electron chi connectivity index (χ4n) is 3.71. The smallest absolute Gasteiger partial charge is 0.292 e. The van der Waals surface area contributed by atoms with Crippen LogP contribution in [0.2, 0.25) is 0 Å². The molecule has 1 heterocycles. The maximum Gasteiger partial charge on any atom is 0.292 e. The van der Waals surface area contributed by atoms with Gasteiger partial charge in [-0.05, 0) is 38.5 Å². The number of hydrogen-bond donors (Lipinski definition) is 1. The van der Waals surface area contributed by atoms with Crippen LogP contribution in [0.5, 0.6) is 0 Å². The molecule has 3 fully saturated rings. The Labute approximate surface area is 121 Å². The van der Waals surface area contributed by atoms with Crippen molar-refractivity contribution in [3.05, 3.63) is 0 Å². The van der Waals surface area contributed by atoms with Gasteiger partial charge in [0.2, 0.25) is 0 Å². The fourth-order valence-corrected chi connectivity index (χ4v) is 3.71. The zero-order valence-corrected chi connectivity index (χ0v) is 12.3. The van der Waals surface area contributed by atoms with Gasteiger partial charge in [-0.1, -0.05) is 38.5 Å². The predicted octanol–water partition coefficient (Wildman–Crippen LogP) is 3.30. The molecule has 0 aromatic carbocycles. The standard InChI is InChI=1S/C16H26N2O2/c19-14-16(11-7-4-8-12-16)20-15(18-14)17-13-9-5-2-1-3-6-10-13/h13H,1-12H2,(H,17,18,19). The topological polar surface area (TPSA) is 50.7 Å². The summed E-state index contributed by atoms with van der Waals surface area (Å²) >= 11 is 0. The number of carbonyl (C=O) groups excluding carboxylic acids is 1. The molecular formula is C16H26N2O2. The third-order valence-electron chi connectivity index (χ3n) is 4.96. The second-order valence-corrected chi connectivity index (χ2v) is 6.54. The molecule has 3 aliphatic rings. The Morgan fingerprint density at radius 3 is 2.25 bits per heavy atom. The van der Waals surface area contributed by atoms with Crippen LogP contribution in [-0.2, 0) is 9.53 Å². The third kappa shape index (κ3) is 2.99. The number of carbonyl (C=O) groups is 1. The number of hydrogen-bond acceptors (Lipinski definition) is 3. The molecule has 2 saturated carbocycles. The molecule has 1 amide bonds. The fraction of sp³-hybridized carbons (Fsp3) is 0.875. The van der Waals surface area contributed by atoms with Crippen molar-refractivity contribution in [2.24, 2.45) is 4.99 Å². The van der Waals surface area contributed by atoms with Crippen LogP contribution in [0.25, 0.3) is 0 Å². The van der Waals surface area contributed by atoms with Gasteiger partial charge in [-0.2, -0.15) is 0 Å². The van der Waals surface area contributed by atoms with Crippen molar-refractivity contribution in [1.29, 1.82) is 0 Å². The van der Waals surface area contributed by atoms with Crippen molar-refractivity contribution in [3.8, 4) is 0 Å². The summed E-state index contributed by atoms with van der Waals surface area (Å²) in [5.74, 6) is 0.0433. The van der Waals surface area contributed by atoms with Gasteiger partial charge in [0.15, 0.2) is 5.60 Å². The van der Waals surface area contributed by atoms with Crippen LogP contribution in [0, 0.1) is 0 Å². The van der Waals surface area contributed by atoms with Gasteiger partial charge in [-0.15, -0.1) is 0 Å². The van der Waals surface area contributed by atoms with E-state index >= 15 is 0 Å². The SMILES string of the molecule is O=C1NC(=NC2CCCCCCC2)OC12CCCCC2. The Hall–Kier alpha value is -1.06. The van der Waals surface area contributed by atoms with Gasteiger partial charge in [0.05, 0.1) is 6.04 Å². The van der Waals surface area contributed by atoms with E-state index < -0.39 is 5.60 Å². The highest BCUT2D eigenvalue weighted by molar-refractivity contribution is 6.04. The summed E-state index contributed by atoms with van der Waals surface area (Å²) in [6.07, 6.45) is 13.9. The molecule has 0 unspecified atom stereocenters. The summed E-state index contributed by atoms with van der Waals surface area (Å²) in [5, 5.41) is 2.89. The van der Waals surface area contributed by atoms with E-state index in [0.717, 1.165) is 38.5 Å². The van der Waals surface area contributed by atoms with Crippen LogP contribution in [0.4, 0.5) is 0 Å². The summed E-state index contributed by atoms with van der Waals surface area (Å²) in [4.78, 5) is 16.9. The highest BCUT2D eigenvalue weighted by Crippen LogP contribution is 2.35. The normalized spacial score (nSPS) is 29.8. The summed E-state index contributed by atoms with van der Waals surface area (Å²) in [6.45, 7) is 0. The predicted molar refractivity (Wildman–Crippen MR) is 78.6 cm³/mol. The lowest BCUT2D eigenvalue weighted by Gasteiger charge is -2.28. The van der Waals surface area contributed by atoms with E-state index in [1.807, 2.05) is 0 Å². The third-order valence-corrected chi connectivity index (χ3v) is 4.96. The van der Waals surface area contributed by atoms with Gasteiger partial charge in [0, 0.05) is 0 Å². The number of aliphatic imine (C=N–C) groups is 1. The van der Waals surface area contributed by atoms with Crippen LogP contribution in [0.1, 0.15) is 77.0 Å². The lowest BCUT2D eigenvalue weighted by atomic mass is 9.84. The molecule has 20 heavy (non-hydrogen) atoms. The van der Waals surface area contributed by atoms with Gasteiger partial charge in [-0.25, -0.2) is 4.99 Å². The average Bonchev–Trinajstić information content (AvgIpc) is 2.70. The molecule has 1 N–H and O–H groups in total. The zero-order chi connectivity index (χ0) is 13.8. The molecule has 4 nitrogen and oxygen atoms in total. The molecule has 1 saturated heterocycles. The minimum atomic E-state index is -0.585. The van der Waals surface area contributed by atoms with Crippen molar-refractivity contribution in [1.82, 2.24) is 5.32 Å². The lowest BCUT2D eigenvalue weighted by Crippen LogP contribution is -2.40. The Balaban J connectivity index is 1.65. The molecule has 3 rings (SSSR count). The average molecular weight is 278 g/mol. The molecule has 0 aromatic heterocycles. The zero-order valence-electron chi connectivity index (χ0n) is 12.3. The second-order valence-electron chi connectivity index (χ2n) is 6.54. The number of amides is 1. The maximum absolute atomic E-state index is 12.2. The van der Waals surface area contributed by atoms with Crippen LogP contribution in [0.15, 0.2) is 4.99 Å². The van der Waals surface area contributed by atoms with Gasteiger partial charge >= 0.3 is 0 Å². The van der Waals surface area contributed by atoms with Crippen LogP contribution < -0.4 is 5.32 Å². The Morgan fingerprint density at radius 2 is 1.55 bits per heavy atom. The Morgan fingerprint density at radius 1 is 0.950 bits per heavy atom. The number of amidine groups is 1. The first-order valence-electron chi connectivity index (χ1n) is 8.37. The lowest BCUT2D eigenvalue weighted by molar-refractivity contribution is -0.133. The van der Waals surface area contributed by atoms with Crippen LogP contribution in [-0.4, -0.2) is 23.6 Å². The molecule has 1 aliphatic heterocycles. The van der Waals surface area contributed by atoms with Crippen molar-refractivity contribution in [3.63, 3.8) is 0 Å². The molecule has 1 spiro atoms. The first-order valence-corrected chi connectivity index (χ1v) is 8.37. The molecule has 0 bridgehead atoms. The second kappa shape index (κ2) is 6.15. The summed E-state index contributed by atoms with van der Waals surface area (Å²) in [7, 11) is 0. The molecule has 2 aliphatic carbocycles. The first kappa shape index (κ1) is 13.9. The summed E-state index contributed by atoms with van der Waals surface area (Å²) in [5.41, 5.74) is -0.585. The van der Waals surface area contributed by atoms with E-state index in [2.05, 4.69) is 5.32 Å². The first-order chi connectivity index (χ1) is 9.78. The number of nitrogens with zero attached hydrogens (tertiary/aromatic N) is 1. The largest absolute Gasteiger partial charge is 0.448 e. The molecule has 4 heteroatoms. The van der Waals surface area contributed by atoms with Gasteiger partial charge in [0.1, 0.15) is 0 Å². The number of rotatable bonds is 1. The maximum atomic E-state index is 12.2. The number of ether oxygens (including phenoxy) is 1. The van der Waals surface area contributed by atoms with Gasteiger partial charge in [-0.3, -0.25) is 10.1 Å². The molecule has 0 atom stereocenters. The Bertz CT molecular complexity index is 378. The van der Waals surface area contributed by atoms with Crippen molar-refractivity contribution >= 4 is 11.9 Å². The quantitative estimate of drug-likeness (QED) is 0.800. The minimum Gasteiger partial charge on any atom is -0.448 e. The van der Waals surface area contributed by atoms with E-state index in [0.29, 0.717) is 12.1 Å². The summed E-state index contributed by atoms with van der Waals surface area (Å²) in [6, 6.07) is 0.840. The highest BCUT2D eigenvalue weighted by atomic mass is 16.5. The molecular weight excluding hydrogens is 252 g/mol. The van der Waals surface area contributed by atoms with E-state index in [4.69, 9.17) is 9.73 Å². The van der Waals surface area contributed by atoms with E-state index in [9.17, 15) is 4.79 Å². The monoisotopic (exact) mass is 278 g/mol. The van der Waals surface area contributed by atoms with Crippen LogP contribution in [0.3, 0.4) is 0 Å². The van der Waals surface area contributed by atoms with Crippen LogP contribution >= 0.6 is 0 Å². The molecule has 0 radical (unpaired) electrons. The van der Waals surface area contributed by atoms with Gasteiger partial charge in [0.25, 0.3) is 11.9 Å². The van der Waals surface area contributed by atoms with Crippen molar-refractivity contribution in [2.45, 2.75) is 88.7 Å².